The van der Waals surface area contributed by atoms with E-state index >= 15 is 0 Å². The fraction of sp³-hybridized carbons (Fsp3) is 0.133. The zero-order valence-corrected chi connectivity index (χ0v) is 15.9. The van der Waals surface area contributed by atoms with E-state index in [0.717, 1.165) is 0 Å². The van der Waals surface area contributed by atoms with Crippen molar-refractivity contribution in [1.29, 1.82) is 0 Å². The maximum Gasteiger partial charge on any atom is 0.258 e. The van der Waals surface area contributed by atoms with Gasteiger partial charge < -0.3 is 14.8 Å². The number of halogens is 4. The fourth-order valence-corrected chi connectivity index (χ4v) is 3.06. The van der Waals surface area contributed by atoms with Crippen molar-refractivity contribution in [2.45, 2.75) is 0 Å². The molecule has 2 aromatic carbocycles. The summed E-state index contributed by atoms with van der Waals surface area (Å²) in [5.74, 6) is 0.467. The average molecular weight is 440 g/mol. The Morgan fingerprint density at radius 1 is 1.04 bits per heavy atom. The van der Waals surface area contributed by atoms with Gasteiger partial charge in [0.1, 0.15) is 11.5 Å². The van der Waals surface area contributed by atoms with Gasteiger partial charge in [-0.25, -0.2) is 0 Å². The minimum absolute atomic E-state index is 0.0831. The lowest BCUT2D eigenvalue weighted by atomic mass is 10.2. The molecule has 0 spiro atoms. The van der Waals surface area contributed by atoms with E-state index in [9.17, 15) is 4.79 Å². The number of amides is 1. The second-order valence-electron chi connectivity index (χ2n) is 4.36. The van der Waals surface area contributed by atoms with Gasteiger partial charge in [-0.15, -0.1) is 0 Å². The number of benzene rings is 2. The summed E-state index contributed by atoms with van der Waals surface area (Å²) in [5.41, 5.74) is 0.495. The molecule has 1 amide bonds. The highest BCUT2D eigenvalue weighted by atomic mass is 79.9. The maximum absolute atomic E-state index is 12.5. The number of nitrogens with one attached hydrogen (secondary N) is 1. The third kappa shape index (κ3) is 3.86. The van der Waals surface area contributed by atoms with E-state index in [1.54, 1.807) is 12.1 Å². The topological polar surface area (TPSA) is 47.6 Å². The molecular weight excluding hydrogens is 428 g/mol. The highest BCUT2D eigenvalue weighted by Gasteiger charge is 2.19. The van der Waals surface area contributed by atoms with Gasteiger partial charge in [0.25, 0.3) is 5.91 Å². The number of carbonyl (C=O) groups is 1. The first kappa shape index (κ1) is 18.2. The molecule has 23 heavy (non-hydrogen) atoms. The zero-order chi connectivity index (χ0) is 17.1. The van der Waals surface area contributed by atoms with Gasteiger partial charge in [-0.3, -0.25) is 4.79 Å². The lowest BCUT2D eigenvalue weighted by molar-refractivity contribution is 0.102. The molecule has 122 valence electrons. The predicted octanol–water partition coefficient (Wildman–Crippen LogP) is 5.68. The molecule has 0 aliphatic carbocycles. The molecule has 0 aliphatic rings. The van der Waals surface area contributed by atoms with Gasteiger partial charge in [0.05, 0.1) is 45.0 Å². The Kier molecular flexibility index (Phi) is 6.03. The third-order valence-electron chi connectivity index (χ3n) is 2.99. The van der Waals surface area contributed by atoms with Crippen LogP contribution in [0.25, 0.3) is 0 Å². The van der Waals surface area contributed by atoms with Crippen LogP contribution in [0.3, 0.4) is 0 Å². The largest absolute Gasteiger partial charge is 0.495 e. The van der Waals surface area contributed by atoms with Gasteiger partial charge >= 0.3 is 0 Å². The Morgan fingerprint density at radius 2 is 1.65 bits per heavy atom. The molecule has 1 N–H and O–H groups in total. The van der Waals surface area contributed by atoms with Crippen molar-refractivity contribution < 1.29 is 14.3 Å². The predicted molar refractivity (Wildman–Crippen MR) is 96.7 cm³/mol. The molecule has 0 radical (unpaired) electrons. The molecule has 0 saturated carbocycles. The Hall–Kier alpha value is -1.14. The Morgan fingerprint density at radius 3 is 2.26 bits per heavy atom. The van der Waals surface area contributed by atoms with Gasteiger partial charge in [0, 0.05) is 12.1 Å². The number of ether oxygens (including phenoxy) is 2. The SMILES string of the molecule is COc1cc(NC(=O)c2c(Cl)ccc(Cl)c2Cl)c(OC)cc1Br. The number of anilines is 1. The molecule has 0 saturated heterocycles. The van der Waals surface area contributed by atoms with Crippen LogP contribution in [0.5, 0.6) is 11.5 Å². The van der Waals surface area contributed by atoms with E-state index in [2.05, 4.69) is 21.2 Å². The van der Waals surface area contributed by atoms with E-state index in [1.165, 1.54) is 26.4 Å². The molecule has 4 nitrogen and oxygen atoms in total. The van der Waals surface area contributed by atoms with Crippen LogP contribution in [0, 0.1) is 0 Å². The molecule has 2 aromatic rings. The van der Waals surface area contributed by atoms with E-state index in [4.69, 9.17) is 44.3 Å². The van der Waals surface area contributed by atoms with Gasteiger partial charge in [-0.05, 0) is 28.1 Å². The first-order valence-electron chi connectivity index (χ1n) is 6.25. The smallest absolute Gasteiger partial charge is 0.258 e. The average Bonchev–Trinajstić information content (AvgIpc) is 2.52. The summed E-state index contributed by atoms with van der Waals surface area (Å²) >= 11 is 21.4. The summed E-state index contributed by atoms with van der Waals surface area (Å²) in [5, 5.41) is 3.21. The summed E-state index contributed by atoms with van der Waals surface area (Å²) in [6.45, 7) is 0. The number of rotatable bonds is 4. The van der Waals surface area contributed by atoms with E-state index in [0.29, 0.717) is 21.7 Å². The second-order valence-corrected chi connectivity index (χ2v) is 6.41. The number of hydrogen-bond donors (Lipinski definition) is 1. The van der Waals surface area contributed by atoms with Crippen molar-refractivity contribution in [2.24, 2.45) is 0 Å². The van der Waals surface area contributed by atoms with Crippen molar-refractivity contribution >= 4 is 62.3 Å². The highest BCUT2D eigenvalue weighted by molar-refractivity contribution is 9.10. The third-order valence-corrected chi connectivity index (χ3v) is 4.73. The van der Waals surface area contributed by atoms with Crippen LogP contribution >= 0.6 is 50.7 Å². The summed E-state index contributed by atoms with van der Waals surface area (Å²) in [4.78, 5) is 12.5. The van der Waals surface area contributed by atoms with Crippen molar-refractivity contribution in [2.75, 3.05) is 19.5 Å². The van der Waals surface area contributed by atoms with Gasteiger partial charge in [0.15, 0.2) is 0 Å². The molecule has 0 atom stereocenters. The van der Waals surface area contributed by atoms with Crippen LogP contribution in [0.1, 0.15) is 10.4 Å². The Labute approximate surface area is 156 Å². The first-order chi connectivity index (χ1) is 10.9. The summed E-state index contributed by atoms with van der Waals surface area (Å²) < 4.78 is 11.2. The number of methoxy groups -OCH3 is 2. The quantitative estimate of drug-likeness (QED) is 0.624. The minimum Gasteiger partial charge on any atom is -0.495 e. The summed E-state index contributed by atoms with van der Waals surface area (Å²) in [6, 6.07) is 6.32. The highest BCUT2D eigenvalue weighted by Crippen LogP contribution is 2.37. The number of carbonyl (C=O) groups excluding carboxylic acids is 1. The lowest BCUT2D eigenvalue weighted by Crippen LogP contribution is -2.14. The molecule has 8 heteroatoms. The van der Waals surface area contributed by atoms with E-state index < -0.39 is 5.91 Å². The van der Waals surface area contributed by atoms with Crippen molar-refractivity contribution in [3.8, 4) is 11.5 Å². The minimum atomic E-state index is -0.509. The van der Waals surface area contributed by atoms with Crippen LogP contribution < -0.4 is 14.8 Å². The molecule has 0 heterocycles. The monoisotopic (exact) mass is 437 g/mol. The molecule has 0 unspecified atom stereocenters. The standard InChI is InChI=1S/C15H11BrCl3NO3/c1-22-11-6-10(12(23-2)5-7(11)16)20-15(21)13-8(17)3-4-9(18)14(13)19/h3-6H,1-2H3,(H,20,21). The first-order valence-corrected chi connectivity index (χ1v) is 8.18. The van der Waals surface area contributed by atoms with Gasteiger partial charge in [-0.2, -0.15) is 0 Å². The van der Waals surface area contributed by atoms with Crippen LogP contribution in [-0.4, -0.2) is 20.1 Å². The van der Waals surface area contributed by atoms with Gasteiger partial charge in [-0.1, -0.05) is 34.8 Å². The van der Waals surface area contributed by atoms with Crippen molar-refractivity contribution in [3.63, 3.8) is 0 Å². The Balaban J connectivity index is 2.43. The molecular formula is C15H11BrCl3NO3. The lowest BCUT2D eigenvalue weighted by Gasteiger charge is -2.14. The van der Waals surface area contributed by atoms with Crippen LogP contribution in [0.2, 0.25) is 15.1 Å². The molecule has 0 aromatic heterocycles. The fourth-order valence-electron chi connectivity index (χ4n) is 1.88. The molecule has 0 fully saturated rings. The molecule has 0 bridgehead atoms. The van der Waals surface area contributed by atoms with Crippen molar-refractivity contribution in [1.82, 2.24) is 0 Å². The summed E-state index contributed by atoms with van der Waals surface area (Å²) in [7, 11) is 3.01. The normalized spacial score (nSPS) is 10.3. The second kappa shape index (κ2) is 7.62. The van der Waals surface area contributed by atoms with Gasteiger partial charge in [0.2, 0.25) is 0 Å². The van der Waals surface area contributed by atoms with Crippen LogP contribution in [0.4, 0.5) is 5.69 Å². The van der Waals surface area contributed by atoms with Crippen LogP contribution in [-0.2, 0) is 0 Å². The Bertz CT molecular complexity index is 768. The summed E-state index contributed by atoms with van der Waals surface area (Å²) in [6.07, 6.45) is 0. The maximum atomic E-state index is 12.5. The van der Waals surface area contributed by atoms with E-state index in [-0.39, 0.29) is 20.6 Å². The molecule has 0 aliphatic heterocycles. The van der Waals surface area contributed by atoms with Crippen molar-refractivity contribution in [3.05, 3.63) is 49.4 Å². The van der Waals surface area contributed by atoms with Crippen LogP contribution in [0.15, 0.2) is 28.7 Å². The molecule has 2 rings (SSSR count). The number of hydrogen-bond acceptors (Lipinski definition) is 3. The van der Waals surface area contributed by atoms with E-state index in [1.807, 2.05) is 0 Å². The zero-order valence-electron chi connectivity index (χ0n) is 12.0.